The zero-order valence-electron chi connectivity index (χ0n) is 13.4. The highest BCUT2D eigenvalue weighted by atomic mass is 16.5. The van der Waals surface area contributed by atoms with E-state index in [9.17, 15) is 0 Å². The molecular formula is C17H32N2O. The molecule has 0 aromatic carbocycles. The van der Waals surface area contributed by atoms with E-state index in [-0.39, 0.29) is 0 Å². The molecule has 1 spiro atoms. The van der Waals surface area contributed by atoms with Gasteiger partial charge in [-0.2, -0.15) is 0 Å². The highest BCUT2D eigenvalue weighted by Crippen LogP contribution is 2.43. The standard InChI is InChI=1S/C17H32N2O/c1-14(2)18-12-15-5-3-9-19(13-15)16-6-10-20-17(11-16)7-4-8-17/h14-16,18H,3-13H2,1-2H3. The predicted molar refractivity (Wildman–Crippen MR) is 83.0 cm³/mol. The predicted octanol–water partition coefficient (Wildman–Crippen LogP) is 2.80. The fraction of sp³-hybridized carbons (Fsp3) is 1.00. The zero-order valence-corrected chi connectivity index (χ0v) is 13.4. The summed E-state index contributed by atoms with van der Waals surface area (Å²) < 4.78 is 6.09. The Kier molecular flexibility index (Phi) is 4.68. The lowest BCUT2D eigenvalue weighted by molar-refractivity contribution is -0.151. The highest BCUT2D eigenvalue weighted by molar-refractivity contribution is 4.97. The van der Waals surface area contributed by atoms with Crippen molar-refractivity contribution in [3.05, 3.63) is 0 Å². The maximum atomic E-state index is 6.09. The zero-order chi connectivity index (χ0) is 14.0. The van der Waals surface area contributed by atoms with Gasteiger partial charge in [0.1, 0.15) is 0 Å². The molecule has 1 aliphatic carbocycles. The fourth-order valence-electron chi connectivity index (χ4n) is 4.23. The third-order valence-corrected chi connectivity index (χ3v) is 5.61. The van der Waals surface area contributed by atoms with Crippen molar-refractivity contribution >= 4 is 0 Å². The summed E-state index contributed by atoms with van der Waals surface area (Å²) in [6, 6.07) is 1.41. The van der Waals surface area contributed by atoms with Gasteiger partial charge in [0.2, 0.25) is 0 Å². The van der Waals surface area contributed by atoms with Gasteiger partial charge in [-0.05, 0) is 64.0 Å². The van der Waals surface area contributed by atoms with E-state index in [1.54, 1.807) is 0 Å². The third-order valence-electron chi connectivity index (χ3n) is 5.61. The number of hydrogen-bond acceptors (Lipinski definition) is 3. The van der Waals surface area contributed by atoms with Gasteiger partial charge in [0.25, 0.3) is 0 Å². The SMILES string of the molecule is CC(C)NCC1CCCN(C2CCOC3(CCC3)C2)C1. The summed E-state index contributed by atoms with van der Waals surface area (Å²) in [7, 11) is 0. The van der Waals surface area contributed by atoms with Crippen molar-refractivity contribution in [3.8, 4) is 0 Å². The number of nitrogens with zero attached hydrogens (tertiary/aromatic N) is 1. The van der Waals surface area contributed by atoms with E-state index in [0.717, 1.165) is 18.6 Å². The maximum Gasteiger partial charge on any atom is 0.0697 e. The second-order valence-corrected chi connectivity index (χ2v) is 7.60. The lowest BCUT2D eigenvalue weighted by Crippen LogP contribution is -2.54. The minimum absolute atomic E-state index is 0.298. The first-order chi connectivity index (χ1) is 9.67. The van der Waals surface area contributed by atoms with Crippen molar-refractivity contribution in [2.45, 2.75) is 76.5 Å². The van der Waals surface area contributed by atoms with Crippen LogP contribution < -0.4 is 5.32 Å². The molecule has 3 rings (SSSR count). The molecule has 0 radical (unpaired) electrons. The van der Waals surface area contributed by atoms with Crippen LogP contribution in [0, 0.1) is 5.92 Å². The van der Waals surface area contributed by atoms with E-state index in [2.05, 4.69) is 24.1 Å². The molecule has 20 heavy (non-hydrogen) atoms. The fourth-order valence-corrected chi connectivity index (χ4v) is 4.23. The highest BCUT2D eigenvalue weighted by Gasteiger charge is 2.44. The summed E-state index contributed by atoms with van der Waals surface area (Å²) in [6.45, 7) is 9.32. The van der Waals surface area contributed by atoms with E-state index < -0.39 is 0 Å². The Morgan fingerprint density at radius 3 is 2.80 bits per heavy atom. The lowest BCUT2D eigenvalue weighted by atomic mass is 9.73. The van der Waals surface area contributed by atoms with Crippen LogP contribution in [0.4, 0.5) is 0 Å². The molecule has 2 heterocycles. The van der Waals surface area contributed by atoms with E-state index in [1.807, 2.05) is 0 Å². The van der Waals surface area contributed by atoms with E-state index >= 15 is 0 Å². The Morgan fingerprint density at radius 2 is 2.10 bits per heavy atom. The van der Waals surface area contributed by atoms with Crippen LogP contribution in [0.1, 0.15) is 58.8 Å². The molecule has 3 nitrogen and oxygen atoms in total. The molecular weight excluding hydrogens is 248 g/mol. The van der Waals surface area contributed by atoms with Crippen LogP contribution in [-0.4, -0.2) is 48.8 Å². The van der Waals surface area contributed by atoms with Crippen LogP contribution >= 0.6 is 0 Å². The molecule has 2 aliphatic heterocycles. The normalized spacial score (nSPS) is 34.4. The maximum absolute atomic E-state index is 6.09. The van der Waals surface area contributed by atoms with Gasteiger partial charge < -0.3 is 10.1 Å². The third kappa shape index (κ3) is 3.37. The average Bonchev–Trinajstić information content (AvgIpc) is 2.44. The van der Waals surface area contributed by atoms with Crippen molar-refractivity contribution < 1.29 is 4.74 Å². The molecule has 2 atom stereocenters. The minimum atomic E-state index is 0.298. The molecule has 0 amide bonds. The lowest BCUT2D eigenvalue weighted by Gasteiger charge is -2.50. The van der Waals surface area contributed by atoms with Gasteiger partial charge in [0, 0.05) is 25.2 Å². The van der Waals surface area contributed by atoms with Crippen molar-refractivity contribution in [1.29, 1.82) is 0 Å². The molecule has 0 bridgehead atoms. The van der Waals surface area contributed by atoms with Crippen LogP contribution in [0.15, 0.2) is 0 Å². The second-order valence-electron chi connectivity index (χ2n) is 7.60. The molecule has 1 N–H and O–H groups in total. The number of nitrogens with one attached hydrogen (secondary N) is 1. The van der Waals surface area contributed by atoms with Crippen molar-refractivity contribution in [2.75, 3.05) is 26.2 Å². The minimum Gasteiger partial charge on any atom is -0.375 e. The smallest absolute Gasteiger partial charge is 0.0697 e. The molecule has 3 fully saturated rings. The molecule has 1 saturated carbocycles. The van der Waals surface area contributed by atoms with E-state index in [0.29, 0.717) is 11.6 Å². The summed E-state index contributed by atoms with van der Waals surface area (Å²) in [5, 5.41) is 3.63. The number of ether oxygens (including phenoxy) is 1. The van der Waals surface area contributed by atoms with Crippen LogP contribution in [-0.2, 0) is 4.74 Å². The summed E-state index contributed by atoms with van der Waals surface area (Å²) in [4.78, 5) is 2.79. The van der Waals surface area contributed by atoms with E-state index in [1.165, 1.54) is 64.6 Å². The molecule has 0 aromatic heterocycles. The van der Waals surface area contributed by atoms with Gasteiger partial charge >= 0.3 is 0 Å². The quantitative estimate of drug-likeness (QED) is 0.857. The molecule has 3 aliphatic rings. The van der Waals surface area contributed by atoms with Crippen LogP contribution in [0.5, 0.6) is 0 Å². The van der Waals surface area contributed by atoms with Gasteiger partial charge in [0.15, 0.2) is 0 Å². The molecule has 0 aromatic rings. The number of hydrogen-bond donors (Lipinski definition) is 1. The first kappa shape index (κ1) is 14.8. The van der Waals surface area contributed by atoms with Crippen molar-refractivity contribution in [1.82, 2.24) is 10.2 Å². The Bertz CT molecular complexity index is 314. The number of rotatable bonds is 4. The largest absolute Gasteiger partial charge is 0.375 e. The number of likely N-dealkylation sites (tertiary alicyclic amines) is 1. The summed E-state index contributed by atoms with van der Waals surface area (Å²) >= 11 is 0. The van der Waals surface area contributed by atoms with Crippen molar-refractivity contribution in [3.63, 3.8) is 0 Å². The Morgan fingerprint density at radius 1 is 1.25 bits per heavy atom. The van der Waals surface area contributed by atoms with Gasteiger partial charge in [-0.15, -0.1) is 0 Å². The molecule has 2 unspecified atom stereocenters. The Hall–Kier alpha value is -0.120. The first-order valence-corrected chi connectivity index (χ1v) is 8.78. The topological polar surface area (TPSA) is 24.5 Å². The van der Waals surface area contributed by atoms with Gasteiger partial charge in [-0.1, -0.05) is 13.8 Å². The second kappa shape index (κ2) is 6.33. The van der Waals surface area contributed by atoms with Crippen LogP contribution in [0.25, 0.3) is 0 Å². The van der Waals surface area contributed by atoms with Crippen LogP contribution in [0.2, 0.25) is 0 Å². The summed E-state index contributed by atoms with van der Waals surface area (Å²) in [5.41, 5.74) is 0.298. The Balaban J connectivity index is 1.51. The Labute approximate surface area is 124 Å². The molecule has 3 heteroatoms. The summed E-state index contributed by atoms with van der Waals surface area (Å²) in [6.07, 6.45) is 9.36. The molecule has 2 saturated heterocycles. The first-order valence-electron chi connectivity index (χ1n) is 8.78. The van der Waals surface area contributed by atoms with E-state index in [4.69, 9.17) is 4.74 Å². The summed E-state index contributed by atoms with van der Waals surface area (Å²) in [5.74, 6) is 0.853. The monoisotopic (exact) mass is 280 g/mol. The van der Waals surface area contributed by atoms with Crippen molar-refractivity contribution in [2.24, 2.45) is 5.92 Å². The average molecular weight is 280 g/mol. The van der Waals surface area contributed by atoms with Gasteiger partial charge in [0.05, 0.1) is 5.60 Å². The molecule has 116 valence electrons. The number of piperidine rings is 1. The van der Waals surface area contributed by atoms with Gasteiger partial charge in [-0.25, -0.2) is 0 Å². The van der Waals surface area contributed by atoms with Crippen LogP contribution in [0.3, 0.4) is 0 Å². The van der Waals surface area contributed by atoms with Gasteiger partial charge in [-0.3, -0.25) is 4.90 Å².